The Bertz CT molecular complexity index is 1200. The molecule has 0 bridgehead atoms. The Labute approximate surface area is 186 Å². The van der Waals surface area contributed by atoms with Gasteiger partial charge in [0, 0.05) is 43.1 Å². The van der Waals surface area contributed by atoms with Gasteiger partial charge in [-0.1, -0.05) is 0 Å². The first-order chi connectivity index (χ1) is 15.5. The van der Waals surface area contributed by atoms with Crippen molar-refractivity contribution in [1.82, 2.24) is 14.8 Å². The number of ether oxygens (including phenoxy) is 2. The maximum atomic E-state index is 11.4. The molecule has 1 aliphatic heterocycles. The third-order valence-corrected chi connectivity index (χ3v) is 6.59. The molecule has 0 radical (unpaired) electrons. The standard InChI is InChI=1S/C22H25N5O4S/c23-32(28,29)19-5-3-16(4-6-19)25-21-13-18(7-10-24-21)31-22-14-20(15-1-2-15)26-27(22)17-8-11-30-12-9-17/h3-7,10,13-15,17H,1-2,8-9,11-12H2,(H,24,25)(H2,23,28,29). The molecule has 3 N–H and O–H groups in total. The SMILES string of the molecule is NS(=O)(=O)c1ccc(Nc2cc(Oc3cc(C4CC4)nn3C3CCOCC3)ccn2)cc1. The number of hydrogen-bond donors (Lipinski definition) is 2. The van der Waals surface area contributed by atoms with E-state index in [-0.39, 0.29) is 10.9 Å². The smallest absolute Gasteiger partial charge is 0.238 e. The van der Waals surface area contributed by atoms with Gasteiger partial charge in [-0.2, -0.15) is 5.10 Å². The van der Waals surface area contributed by atoms with Crippen LogP contribution < -0.4 is 15.2 Å². The van der Waals surface area contributed by atoms with Crippen LogP contribution in [0.3, 0.4) is 0 Å². The van der Waals surface area contributed by atoms with Gasteiger partial charge in [-0.25, -0.2) is 23.2 Å². The molecule has 0 spiro atoms. The molecule has 1 saturated heterocycles. The largest absolute Gasteiger partial charge is 0.439 e. The summed E-state index contributed by atoms with van der Waals surface area (Å²) < 4.78 is 36.6. The van der Waals surface area contributed by atoms with Gasteiger partial charge < -0.3 is 14.8 Å². The van der Waals surface area contributed by atoms with E-state index in [1.807, 2.05) is 10.7 Å². The second-order valence-electron chi connectivity index (χ2n) is 8.14. The summed E-state index contributed by atoms with van der Waals surface area (Å²) >= 11 is 0. The first-order valence-electron chi connectivity index (χ1n) is 10.7. The molecule has 2 aliphatic rings. The number of sulfonamides is 1. The third kappa shape index (κ3) is 4.77. The predicted octanol–water partition coefficient (Wildman–Crippen LogP) is 3.69. The third-order valence-electron chi connectivity index (χ3n) is 5.66. The summed E-state index contributed by atoms with van der Waals surface area (Å²) in [7, 11) is -3.73. The van der Waals surface area contributed by atoms with Gasteiger partial charge in [-0.05, 0) is 56.0 Å². The molecular formula is C22H25N5O4S. The topological polar surface area (TPSA) is 121 Å². The molecule has 2 aromatic heterocycles. The second-order valence-corrected chi connectivity index (χ2v) is 9.70. The van der Waals surface area contributed by atoms with Gasteiger partial charge in [0.2, 0.25) is 15.9 Å². The van der Waals surface area contributed by atoms with Gasteiger partial charge >= 0.3 is 0 Å². The van der Waals surface area contributed by atoms with Crippen LogP contribution >= 0.6 is 0 Å². The van der Waals surface area contributed by atoms with Gasteiger partial charge in [0.1, 0.15) is 11.6 Å². The summed E-state index contributed by atoms with van der Waals surface area (Å²) in [6, 6.07) is 12.1. The van der Waals surface area contributed by atoms with Crippen molar-refractivity contribution in [2.24, 2.45) is 5.14 Å². The van der Waals surface area contributed by atoms with Crippen LogP contribution in [0.15, 0.2) is 53.6 Å². The lowest BCUT2D eigenvalue weighted by Crippen LogP contribution is -2.21. The Kier molecular flexibility index (Phi) is 5.58. The summed E-state index contributed by atoms with van der Waals surface area (Å²) in [5, 5.41) is 13.2. The van der Waals surface area contributed by atoms with Crippen molar-refractivity contribution >= 4 is 21.5 Å². The lowest BCUT2D eigenvalue weighted by Gasteiger charge is -2.24. The van der Waals surface area contributed by atoms with Gasteiger partial charge in [0.25, 0.3) is 0 Å². The van der Waals surface area contributed by atoms with Gasteiger partial charge in [0.05, 0.1) is 16.6 Å². The van der Waals surface area contributed by atoms with Crippen LogP contribution in [-0.2, 0) is 14.8 Å². The van der Waals surface area contributed by atoms with E-state index in [1.165, 1.54) is 25.0 Å². The zero-order chi connectivity index (χ0) is 22.1. The Morgan fingerprint density at radius 3 is 2.50 bits per heavy atom. The van der Waals surface area contributed by atoms with Crippen molar-refractivity contribution in [2.75, 3.05) is 18.5 Å². The molecular weight excluding hydrogens is 430 g/mol. The monoisotopic (exact) mass is 455 g/mol. The first-order valence-corrected chi connectivity index (χ1v) is 12.2. The highest BCUT2D eigenvalue weighted by Crippen LogP contribution is 2.42. The number of hydrogen-bond acceptors (Lipinski definition) is 7. The minimum atomic E-state index is -3.73. The van der Waals surface area contributed by atoms with E-state index in [1.54, 1.807) is 30.5 Å². The number of benzene rings is 1. The maximum absolute atomic E-state index is 11.4. The predicted molar refractivity (Wildman–Crippen MR) is 119 cm³/mol. The number of aromatic nitrogens is 3. The quantitative estimate of drug-likeness (QED) is 0.557. The molecule has 0 atom stereocenters. The number of anilines is 2. The van der Waals surface area contributed by atoms with E-state index in [9.17, 15) is 8.42 Å². The lowest BCUT2D eigenvalue weighted by atomic mass is 10.1. The summed E-state index contributed by atoms with van der Waals surface area (Å²) in [4.78, 5) is 4.39. The molecule has 2 fully saturated rings. The van der Waals surface area contributed by atoms with E-state index in [0.29, 0.717) is 23.2 Å². The Morgan fingerprint density at radius 2 is 1.81 bits per heavy atom. The molecule has 0 amide bonds. The number of nitrogens with zero attached hydrogens (tertiary/aromatic N) is 3. The van der Waals surface area contributed by atoms with E-state index in [4.69, 9.17) is 19.7 Å². The molecule has 1 saturated carbocycles. The molecule has 5 rings (SSSR count). The van der Waals surface area contributed by atoms with E-state index in [0.717, 1.165) is 37.6 Å². The van der Waals surface area contributed by atoms with Crippen molar-refractivity contribution in [2.45, 2.75) is 42.5 Å². The first kappa shape index (κ1) is 20.9. The summed E-state index contributed by atoms with van der Waals surface area (Å²) in [6.45, 7) is 1.46. The van der Waals surface area contributed by atoms with Crippen molar-refractivity contribution < 1.29 is 17.9 Å². The minimum Gasteiger partial charge on any atom is -0.439 e. The fraction of sp³-hybridized carbons (Fsp3) is 0.364. The molecule has 3 aromatic rings. The summed E-state index contributed by atoms with van der Waals surface area (Å²) in [5.41, 5.74) is 1.78. The normalized spacial score (nSPS) is 17.3. The fourth-order valence-electron chi connectivity index (χ4n) is 3.78. The van der Waals surface area contributed by atoms with Gasteiger partial charge in [-0.15, -0.1) is 0 Å². The van der Waals surface area contributed by atoms with Gasteiger partial charge in [-0.3, -0.25) is 0 Å². The highest BCUT2D eigenvalue weighted by molar-refractivity contribution is 7.89. The van der Waals surface area contributed by atoms with Crippen LogP contribution in [0.25, 0.3) is 0 Å². The highest BCUT2D eigenvalue weighted by atomic mass is 32.2. The molecule has 1 aliphatic carbocycles. The van der Waals surface area contributed by atoms with E-state index < -0.39 is 10.0 Å². The average molecular weight is 456 g/mol. The van der Waals surface area contributed by atoms with Crippen molar-refractivity contribution in [3.63, 3.8) is 0 Å². The Balaban J connectivity index is 1.35. The maximum Gasteiger partial charge on any atom is 0.238 e. The van der Waals surface area contributed by atoms with Crippen molar-refractivity contribution in [3.8, 4) is 11.6 Å². The highest BCUT2D eigenvalue weighted by Gasteiger charge is 2.30. The number of rotatable bonds is 7. The van der Waals surface area contributed by atoms with Crippen LogP contribution in [-0.4, -0.2) is 36.4 Å². The van der Waals surface area contributed by atoms with Crippen LogP contribution in [0.2, 0.25) is 0 Å². The zero-order valence-corrected chi connectivity index (χ0v) is 18.3. The molecule has 1 aromatic carbocycles. The summed E-state index contributed by atoms with van der Waals surface area (Å²) in [6.07, 6.45) is 5.85. The molecule has 3 heterocycles. The Hall–Kier alpha value is -2.95. The average Bonchev–Trinajstić information content (AvgIpc) is 3.55. The minimum absolute atomic E-state index is 0.0564. The molecule has 32 heavy (non-hydrogen) atoms. The second kappa shape index (κ2) is 8.53. The van der Waals surface area contributed by atoms with E-state index in [2.05, 4.69) is 10.3 Å². The van der Waals surface area contributed by atoms with Crippen LogP contribution in [0.1, 0.15) is 43.3 Å². The number of pyridine rings is 1. The molecule has 0 unspecified atom stereocenters. The van der Waals surface area contributed by atoms with Crippen LogP contribution in [0.4, 0.5) is 11.5 Å². The molecule has 168 valence electrons. The van der Waals surface area contributed by atoms with Gasteiger partial charge in [0.15, 0.2) is 0 Å². The Morgan fingerprint density at radius 1 is 1.06 bits per heavy atom. The number of nitrogens with two attached hydrogens (primary N) is 1. The molecule has 10 heteroatoms. The number of nitrogens with one attached hydrogen (secondary N) is 1. The number of primary sulfonamides is 1. The van der Waals surface area contributed by atoms with Crippen molar-refractivity contribution in [1.29, 1.82) is 0 Å². The lowest BCUT2D eigenvalue weighted by molar-refractivity contribution is 0.0642. The fourth-order valence-corrected chi connectivity index (χ4v) is 4.30. The van der Waals surface area contributed by atoms with E-state index >= 15 is 0 Å². The van der Waals surface area contributed by atoms with Crippen LogP contribution in [0, 0.1) is 0 Å². The molecule has 9 nitrogen and oxygen atoms in total. The summed E-state index contributed by atoms with van der Waals surface area (Å²) in [5.74, 6) is 2.48. The zero-order valence-electron chi connectivity index (χ0n) is 17.5. The van der Waals surface area contributed by atoms with Crippen LogP contribution in [0.5, 0.6) is 11.6 Å². The van der Waals surface area contributed by atoms with Crippen molar-refractivity contribution in [3.05, 3.63) is 54.4 Å².